The van der Waals surface area contributed by atoms with E-state index in [9.17, 15) is 4.79 Å². The van der Waals surface area contributed by atoms with Gasteiger partial charge in [0.2, 0.25) is 5.91 Å². The van der Waals surface area contributed by atoms with Gasteiger partial charge in [0, 0.05) is 12.2 Å². The zero-order valence-electron chi connectivity index (χ0n) is 15.1. The molecule has 0 fully saturated rings. The largest absolute Gasteiger partial charge is 0.309 e. The Morgan fingerprint density at radius 1 is 1.00 bits per heavy atom. The van der Waals surface area contributed by atoms with Crippen LogP contribution < -0.4 is 10.6 Å². The highest BCUT2D eigenvalue weighted by atomic mass is 35.5. The molecule has 0 aliphatic carbocycles. The molecule has 2 atom stereocenters. The second-order valence-electron chi connectivity index (χ2n) is 6.39. The fraction of sp³-hybridized carbons (Fsp3) is 0.182. The third-order valence-corrected chi connectivity index (χ3v) is 4.53. The fourth-order valence-corrected chi connectivity index (χ4v) is 2.98. The van der Waals surface area contributed by atoms with Crippen molar-refractivity contribution in [3.05, 3.63) is 95.1 Å². The highest BCUT2D eigenvalue weighted by Crippen LogP contribution is 2.19. The van der Waals surface area contributed by atoms with E-state index in [1.54, 1.807) is 12.1 Å². The molecule has 1 aromatic heterocycles. The molecule has 3 rings (SSSR count). The molecule has 0 aliphatic rings. The molecular weight excluding hydrogens is 358 g/mol. The molecule has 4 nitrogen and oxygen atoms in total. The van der Waals surface area contributed by atoms with Gasteiger partial charge in [-0.1, -0.05) is 72.3 Å². The number of hydrogen-bond donors (Lipinski definition) is 2. The van der Waals surface area contributed by atoms with Crippen LogP contribution in [0.25, 0.3) is 0 Å². The normalized spacial score (nSPS) is 13.0. The Hall–Kier alpha value is -2.69. The number of pyridine rings is 1. The summed E-state index contributed by atoms with van der Waals surface area (Å²) in [5, 5.41) is 6.80. The number of nitrogens with zero attached hydrogens (tertiary/aromatic N) is 1. The van der Waals surface area contributed by atoms with Crippen LogP contribution >= 0.6 is 11.6 Å². The lowest BCUT2D eigenvalue weighted by atomic mass is 9.98. The molecule has 138 valence electrons. The number of anilines is 1. The van der Waals surface area contributed by atoms with E-state index in [4.69, 9.17) is 11.6 Å². The van der Waals surface area contributed by atoms with Crippen LogP contribution in [-0.4, -0.2) is 16.9 Å². The number of hydrogen-bond acceptors (Lipinski definition) is 3. The maximum Gasteiger partial charge on any atom is 0.242 e. The Labute approximate surface area is 164 Å². The van der Waals surface area contributed by atoms with Crippen molar-refractivity contribution in [2.24, 2.45) is 0 Å². The molecule has 2 aromatic carbocycles. The molecule has 0 radical (unpaired) electrons. The number of amides is 1. The molecule has 27 heavy (non-hydrogen) atoms. The summed E-state index contributed by atoms with van der Waals surface area (Å²) >= 11 is 5.84. The minimum absolute atomic E-state index is 0.0209. The molecule has 0 aliphatic heterocycles. The summed E-state index contributed by atoms with van der Waals surface area (Å²) in [6, 6.07) is 23.4. The lowest BCUT2D eigenvalue weighted by Crippen LogP contribution is -2.41. The van der Waals surface area contributed by atoms with Gasteiger partial charge in [-0.3, -0.25) is 10.1 Å². The summed E-state index contributed by atoms with van der Waals surface area (Å²) in [5.41, 5.74) is 2.36. The van der Waals surface area contributed by atoms with E-state index in [-0.39, 0.29) is 11.9 Å². The number of aromatic nitrogens is 1. The number of rotatable bonds is 7. The zero-order chi connectivity index (χ0) is 19.1. The minimum atomic E-state index is -0.392. The molecule has 0 spiro atoms. The summed E-state index contributed by atoms with van der Waals surface area (Å²) < 4.78 is 0. The van der Waals surface area contributed by atoms with Crippen LogP contribution in [-0.2, 0) is 11.2 Å². The van der Waals surface area contributed by atoms with Gasteiger partial charge in [-0.25, -0.2) is 4.98 Å². The smallest absolute Gasteiger partial charge is 0.242 e. The quantitative estimate of drug-likeness (QED) is 0.629. The van der Waals surface area contributed by atoms with Crippen molar-refractivity contribution in [1.29, 1.82) is 0 Å². The number of carbonyl (C=O) groups excluding carboxylic acids is 1. The van der Waals surface area contributed by atoms with Crippen LogP contribution in [0.1, 0.15) is 24.1 Å². The Morgan fingerprint density at radius 3 is 2.30 bits per heavy atom. The number of nitrogens with one attached hydrogen (secondary N) is 2. The molecule has 3 aromatic rings. The first-order valence-corrected chi connectivity index (χ1v) is 9.27. The maximum absolute atomic E-state index is 12.6. The molecule has 0 saturated heterocycles. The zero-order valence-corrected chi connectivity index (χ0v) is 15.9. The second-order valence-corrected chi connectivity index (χ2v) is 6.83. The first-order valence-electron chi connectivity index (χ1n) is 8.89. The van der Waals surface area contributed by atoms with E-state index < -0.39 is 6.04 Å². The standard InChI is InChI=1S/C22H22ClN3O/c1-16(22(27)26-21-13-12-19(23)15-24-21)25-20(18-10-6-3-7-11-18)14-17-8-4-2-5-9-17/h2-13,15-16,20,25H,14H2,1H3,(H,24,26,27)/t16-,20-/m1/s1. The Balaban J connectivity index is 1.70. The van der Waals surface area contributed by atoms with Crippen molar-refractivity contribution < 1.29 is 4.79 Å². The van der Waals surface area contributed by atoms with Crippen LogP contribution in [0.3, 0.4) is 0 Å². The van der Waals surface area contributed by atoms with Gasteiger partial charge in [0.25, 0.3) is 0 Å². The number of halogens is 1. The molecule has 1 heterocycles. The van der Waals surface area contributed by atoms with Gasteiger partial charge < -0.3 is 5.32 Å². The molecule has 0 saturated carbocycles. The highest BCUT2D eigenvalue weighted by molar-refractivity contribution is 6.30. The van der Waals surface area contributed by atoms with Crippen LogP contribution in [0.2, 0.25) is 5.02 Å². The van der Waals surface area contributed by atoms with Gasteiger partial charge in [-0.15, -0.1) is 0 Å². The first-order chi connectivity index (χ1) is 13.1. The van der Waals surface area contributed by atoms with E-state index in [1.807, 2.05) is 43.3 Å². The van der Waals surface area contributed by atoms with E-state index >= 15 is 0 Å². The van der Waals surface area contributed by atoms with Crippen molar-refractivity contribution in [3.63, 3.8) is 0 Å². The summed E-state index contributed by atoms with van der Waals surface area (Å²) in [6.07, 6.45) is 2.30. The second kappa shape index (κ2) is 9.31. The fourth-order valence-electron chi connectivity index (χ4n) is 2.87. The average Bonchev–Trinajstić information content (AvgIpc) is 2.70. The first kappa shape index (κ1) is 19.1. The monoisotopic (exact) mass is 379 g/mol. The van der Waals surface area contributed by atoms with Crippen molar-refractivity contribution in [1.82, 2.24) is 10.3 Å². The van der Waals surface area contributed by atoms with E-state index in [1.165, 1.54) is 11.8 Å². The maximum atomic E-state index is 12.6. The Kier molecular flexibility index (Phi) is 6.58. The van der Waals surface area contributed by atoms with Gasteiger partial charge in [0.15, 0.2) is 0 Å². The van der Waals surface area contributed by atoms with E-state index in [0.717, 1.165) is 12.0 Å². The molecule has 0 bridgehead atoms. The lowest BCUT2D eigenvalue weighted by Gasteiger charge is -2.23. The Bertz CT molecular complexity index is 854. The van der Waals surface area contributed by atoms with Crippen molar-refractivity contribution in [2.45, 2.75) is 25.4 Å². The topological polar surface area (TPSA) is 54.0 Å². The lowest BCUT2D eigenvalue weighted by molar-refractivity contribution is -0.118. The van der Waals surface area contributed by atoms with Crippen molar-refractivity contribution in [3.8, 4) is 0 Å². The predicted molar refractivity (Wildman–Crippen MR) is 110 cm³/mol. The molecular formula is C22H22ClN3O. The van der Waals surface area contributed by atoms with Crippen LogP contribution in [0.5, 0.6) is 0 Å². The third-order valence-electron chi connectivity index (χ3n) is 4.31. The summed E-state index contributed by atoms with van der Waals surface area (Å²) in [4.78, 5) is 16.7. The summed E-state index contributed by atoms with van der Waals surface area (Å²) in [6.45, 7) is 1.85. The SMILES string of the molecule is C[C@@H](N[C@H](Cc1ccccc1)c1ccccc1)C(=O)Nc1ccc(Cl)cn1. The molecule has 0 unspecified atom stereocenters. The molecule has 1 amide bonds. The number of benzene rings is 2. The summed E-state index contributed by atoms with van der Waals surface area (Å²) in [7, 11) is 0. The molecule has 5 heteroatoms. The van der Waals surface area contributed by atoms with Gasteiger partial charge in [0.05, 0.1) is 11.1 Å². The van der Waals surface area contributed by atoms with E-state index in [2.05, 4.69) is 39.9 Å². The minimum Gasteiger partial charge on any atom is -0.309 e. The van der Waals surface area contributed by atoms with E-state index in [0.29, 0.717) is 10.8 Å². The van der Waals surface area contributed by atoms with Crippen molar-refractivity contribution in [2.75, 3.05) is 5.32 Å². The summed E-state index contributed by atoms with van der Waals surface area (Å²) in [5.74, 6) is 0.344. The number of carbonyl (C=O) groups is 1. The van der Waals surface area contributed by atoms with Crippen molar-refractivity contribution >= 4 is 23.3 Å². The highest BCUT2D eigenvalue weighted by Gasteiger charge is 2.20. The Morgan fingerprint density at radius 2 is 1.67 bits per heavy atom. The van der Waals surface area contributed by atoms with Crippen LogP contribution in [0.4, 0.5) is 5.82 Å². The van der Waals surface area contributed by atoms with Gasteiger partial charge in [-0.05, 0) is 36.6 Å². The average molecular weight is 380 g/mol. The molecule has 2 N–H and O–H groups in total. The van der Waals surface area contributed by atoms with Crippen LogP contribution in [0, 0.1) is 0 Å². The third kappa shape index (κ3) is 5.64. The van der Waals surface area contributed by atoms with Crippen LogP contribution in [0.15, 0.2) is 79.0 Å². The van der Waals surface area contributed by atoms with Gasteiger partial charge in [-0.2, -0.15) is 0 Å². The van der Waals surface area contributed by atoms with Gasteiger partial charge in [0.1, 0.15) is 5.82 Å². The predicted octanol–water partition coefficient (Wildman–Crippen LogP) is 4.64. The van der Waals surface area contributed by atoms with Gasteiger partial charge >= 0.3 is 0 Å².